The quantitative estimate of drug-likeness (QED) is 0.129. The van der Waals surface area contributed by atoms with Gasteiger partial charge in [-0.05, 0) is 139 Å². The average Bonchev–Trinajstić information content (AvgIpc) is 3.30. The Hall–Kier alpha value is -7.74. The molecule has 0 saturated carbocycles. The average molecular weight is 747 g/mol. The predicted octanol–water partition coefficient (Wildman–Crippen LogP) is 16.5. The summed E-state index contributed by atoms with van der Waals surface area (Å²) in [7, 11) is 0. The first-order valence-corrected chi connectivity index (χ1v) is 20.4. The molecule has 59 heavy (non-hydrogen) atoms. The van der Waals surface area contributed by atoms with Gasteiger partial charge in [-0.25, -0.2) is 0 Å². The van der Waals surface area contributed by atoms with Gasteiger partial charge in [0, 0.05) is 10.9 Å². The lowest BCUT2D eigenvalue weighted by molar-refractivity contribution is 0.487. The summed E-state index contributed by atoms with van der Waals surface area (Å²) in [6.07, 6.45) is 0. The molecule has 12 aromatic rings. The van der Waals surface area contributed by atoms with Gasteiger partial charge in [-0.3, -0.25) is 0 Å². The van der Waals surface area contributed by atoms with E-state index in [1.807, 2.05) is 0 Å². The number of hydrogen-bond acceptors (Lipinski definition) is 1. The van der Waals surface area contributed by atoms with Crippen LogP contribution >= 0.6 is 0 Å². The van der Waals surface area contributed by atoms with E-state index in [1.54, 1.807) is 0 Å². The first-order valence-electron chi connectivity index (χ1n) is 20.4. The van der Waals surface area contributed by atoms with Crippen LogP contribution in [-0.4, -0.2) is 0 Å². The van der Waals surface area contributed by atoms with Crippen molar-refractivity contribution in [3.05, 3.63) is 206 Å². The Morgan fingerprint density at radius 1 is 0.237 bits per heavy atom. The maximum Gasteiger partial charge on any atom is 0.135 e. The van der Waals surface area contributed by atoms with Crippen molar-refractivity contribution >= 4 is 75.4 Å². The molecule has 1 aliphatic rings. The fourth-order valence-corrected chi connectivity index (χ4v) is 10.3. The minimum Gasteiger partial charge on any atom is -0.456 e. The van der Waals surface area contributed by atoms with Crippen LogP contribution in [-0.2, 0) is 0 Å². The molecular weight excluding hydrogens is 713 g/mol. The highest BCUT2D eigenvalue weighted by atomic mass is 16.5. The van der Waals surface area contributed by atoms with Gasteiger partial charge in [0.05, 0.1) is 0 Å². The van der Waals surface area contributed by atoms with Crippen molar-refractivity contribution in [2.75, 3.05) is 0 Å². The largest absolute Gasteiger partial charge is 0.456 e. The van der Waals surface area contributed by atoms with E-state index >= 15 is 0 Å². The SMILES string of the molecule is c1ccc(-c2c3ccccc3c(-c3ccc4c(c3)-c3cccc5c(-c6c7ccccc7cc7c6ccc6ccccc67)ccc(c35)O4)c3ccc4ccccc4c23)cc1. The molecule has 0 spiro atoms. The highest BCUT2D eigenvalue weighted by Gasteiger charge is 2.25. The molecule has 0 radical (unpaired) electrons. The Labute approximate surface area is 341 Å². The molecule has 0 aromatic heterocycles. The van der Waals surface area contributed by atoms with E-state index in [-0.39, 0.29) is 0 Å². The van der Waals surface area contributed by atoms with E-state index in [9.17, 15) is 0 Å². The van der Waals surface area contributed by atoms with Gasteiger partial charge in [0.1, 0.15) is 11.5 Å². The molecule has 0 unspecified atom stereocenters. The predicted molar refractivity (Wildman–Crippen MR) is 251 cm³/mol. The van der Waals surface area contributed by atoms with Gasteiger partial charge in [0.25, 0.3) is 0 Å². The van der Waals surface area contributed by atoms with E-state index in [4.69, 9.17) is 4.74 Å². The summed E-state index contributed by atoms with van der Waals surface area (Å²) in [5.41, 5.74) is 9.69. The van der Waals surface area contributed by atoms with Gasteiger partial charge in [0.15, 0.2) is 0 Å². The van der Waals surface area contributed by atoms with Crippen LogP contribution in [0.15, 0.2) is 206 Å². The monoisotopic (exact) mass is 746 g/mol. The van der Waals surface area contributed by atoms with Crippen molar-refractivity contribution in [3.63, 3.8) is 0 Å². The second kappa shape index (κ2) is 12.4. The van der Waals surface area contributed by atoms with E-state index < -0.39 is 0 Å². The third kappa shape index (κ3) is 4.67. The fourth-order valence-electron chi connectivity index (χ4n) is 10.3. The number of fused-ring (bicyclic) bond motifs is 10. The van der Waals surface area contributed by atoms with E-state index in [2.05, 4.69) is 206 Å². The van der Waals surface area contributed by atoms with Crippen LogP contribution < -0.4 is 4.74 Å². The summed E-state index contributed by atoms with van der Waals surface area (Å²) < 4.78 is 6.87. The Kier molecular flexibility index (Phi) is 6.79. The second-order valence-corrected chi connectivity index (χ2v) is 15.9. The van der Waals surface area contributed by atoms with Crippen LogP contribution in [0.1, 0.15) is 0 Å². The summed E-state index contributed by atoms with van der Waals surface area (Å²) in [6.45, 7) is 0. The summed E-state index contributed by atoms with van der Waals surface area (Å²) in [5, 5.41) is 17.4. The molecular formula is C58H34O. The minimum absolute atomic E-state index is 0.878. The molecule has 12 aromatic carbocycles. The molecule has 1 aliphatic heterocycles. The fraction of sp³-hybridized carbons (Fsp3) is 0. The minimum atomic E-state index is 0.878. The highest BCUT2D eigenvalue weighted by Crippen LogP contribution is 2.53. The molecule has 272 valence electrons. The zero-order chi connectivity index (χ0) is 38.6. The van der Waals surface area contributed by atoms with E-state index in [1.165, 1.54) is 109 Å². The lowest BCUT2D eigenvalue weighted by Crippen LogP contribution is -1.99. The third-order valence-corrected chi connectivity index (χ3v) is 12.8. The van der Waals surface area contributed by atoms with Crippen LogP contribution in [0, 0.1) is 0 Å². The zero-order valence-corrected chi connectivity index (χ0v) is 32.0. The molecule has 0 amide bonds. The van der Waals surface area contributed by atoms with Crippen LogP contribution in [0.25, 0.3) is 120 Å². The molecule has 0 bridgehead atoms. The lowest BCUT2D eigenvalue weighted by atomic mass is 9.83. The summed E-state index contributed by atoms with van der Waals surface area (Å²) in [5.74, 6) is 1.77. The molecule has 0 aliphatic carbocycles. The number of hydrogen-bond donors (Lipinski definition) is 0. The van der Waals surface area contributed by atoms with Gasteiger partial charge in [-0.2, -0.15) is 0 Å². The molecule has 1 nitrogen and oxygen atoms in total. The van der Waals surface area contributed by atoms with Gasteiger partial charge in [0.2, 0.25) is 0 Å². The number of ether oxygens (including phenoxy) is 1. The number of rotatable bonds is 3. The van der Waals surface area contributed by atoms with Crippen molar-refractivity contribution in [1.82, 2.24) is 0 Å². The van der Waals surface area contributed by atoms with Crippen molar-refractivity contribution in [2.24, 2.45) is 0 Å². The lowest BCUT2D eigenvalue weighted by Gasteiger charge is -2.25. The van der Waals surface area contributed by atoms with Gasteiger partial charge >= 0.3 is 0 Å². The molecule has 0 saturated heterocycles. The smallest absolute Gasteiger partial charge is 0.135 e. The van der Waals surface area contributed by atoms with Crippen LogP contribution in [0.5, 0.6) is 11.5 Å². The summed E-state index contributed by atoms with van der Waals surface area (Å²) in [6, 6.07) is 75.8. The van der Waals surface area contributed by atoms with Crippen LogP contribution in [0.4, 0.5) is 0 Å². The first-order chi connectivity index (χ1) is 29.3. The molecule has 0 N–H and O–H groups in total. The van der Waals surface area contributed by atoms with E-state index in [0.717, 1.165) is 22.4 Å². The number of benzene rings is 12. The Morgan fingerprint density at radius 2 is 0.847 bits per heavy atom. The highest BCUT2D eigenvalue weighted by molar-refractivity contribution is 6.28. The van der Waals surface area contributed by atoms with Crippen LogP contribution in [0.3, 0.4) is 0 Å². The van der Waals surface area contributed by atoms with Crippen molar-refractivity contribution in [1.29, 1.82) is 0 Å². The topological polar surface area (TPSA) is 9.23 Å². The molecule has 13 rings (SSSR count). The first kappa shape index (κ1) is 32.4. The second-order valence-electron chi connectivity index (χ2n) is 15.9. The molecule has 1 heteroatoms. The molecule has 0 fully saturated rings. The van der Waals surface area contributed by atoms with Crippen LogP contribution in [0.2, 0.25) is 0 Å². The standard InChI is InChI=1S/C58H34O/c1-2-15-37(16-3-1)55-44-22-11-10-21-43(44)54(49-29-26-36-14-5-8-19-41(36)58(49)55)39-27-31-52-51(34-39)46-24-12-23-45-47(30-32-53(59-52)57(45)46)56-42-20-9-6-17-38(42)33-50-40-18-7-4-13-35(40)25-28-48(50)56/h1-34H. The van der Waals surface area contributed by atoms with Crippen molar-refractivity contribution < 1.29 is 4.74 Å². The van der Waals surface area contributed by atoms with E-state index in [0.29, 0.717) is 0 Å². The van der Waals surface area contributed by atoms with Gasteiger partial charge in [-0.15, -0.1) is 0 Å². The Balaban J connectivity index is 1.08. The maximum absolute atomic E-state index is 6.87. The summed E-state index contributed by atoms with van der Waals surface area (Å²) in [4.78, 5) is 0. The molecule has 1 heterocycles. The zero-order valence-electron chi connectivity index (χ0n) is 32.0. The van der Waals surface area contributed by atoms with Crippen molar-refractivity contribution in [2.45, 2.75) is 0 Å². The summed E-state index contributed by atoms with van der Waals surface area (Å²) >= 11 is 0. The van der Waals surface area contributed by atoms with Gasteiger partial charge < -0.3 is 4.74 Å². The normalized spacial score (nSPS) is 12.2. The van der Waals surface area contributed by atoms with Crippen molar-refractivity contribution in [3.8, 4) is 56.0 Å². The third-order valence-electron chi connectivity index (χ3n) is 12.8. The maximum atomic E-state index is 6.87. The van der Waals surface area contributed by atoms with Gasteiger partial charge in [-0.1, -0.05) is 176 Å². The Morgan fingerprint density at radius 3 is 1.66 bits per heavy atom. The Bertz CT molecular complexity index is 3750. The molecule has 0 atom stereocenters.